The van der Waals surface area contributed by atoms with Gasteiger partial charge in [-0.1, -0.05) is 22.6 Å². The fourth-order valence-electron chi connectivity index (χ4n) is 0.992. The van der Waals surface area contributed by atoms with Crippen molar-refractivity contribution >= 4 is 34.5 Å². The van der Waals surface area contributed by atoms with Crippen LogP contribution >= 0.6 is 22.6 Å². The van der Waals surface area contributed by atoms with Crippen molar-refractivity contribution in [2.75, 3.05) is 13.7 Å². The molecule has 0 aromatic heterocycles. The second-order valence-electron chi connectivity index (χ2n) is 3.29. The molecule has 7 heteroatoms. The van der Waals surface area contributed by atoms with Gasteiger partial charge >= 0.3 is 17.9 Å². The van der Waals surface area contributed by atoms with Crippen molar-refractivity contribution in [3.05, 3.63) is 0 Å². The van der Waals surface area contributed by atoms with E-state index in [0.717, 1.165) is 7.11 Å². The zero-order chi connectivity index (χ0) is 13.0. The lowest BCUT2D eigenvalue weighted by molar-refractivity contribution is -0.171. The highest BCUT2D eigenvalue weighted by Crippen LogP contribution is 2.34. The maximum atomic E-state index is 13.2. The fourth-order valence-corrected chi connectivity index (χ4v) is 1.63. The Bertz CT molecular complexity index is 279. The van der Waals surface area contributed by atoms with E-state index in [1.807, 2.05) is 0 Å². The molecule has 0 amide bonds. The van der Waals surface area contributed by atoms with E-state index >= 15 is 0 Å². The van der Waals surface area contributed by atoms with E-state index in [4.69, 9.17) is 0 Å². The summed E-state index contributed by atoms with van der Waals surface area (Å²) in [5.41, 5.74) is 0. The van der Waals surface area contributed by atoms with Gasteiger partial charge < -0.3 is 9.47 Å². The van der Waals surface area contributed by atoms with Gasteiger partial charge in [0.05, 0.1) is 13.7 Å². The number of carbonyl (C=O) groups is 2. The fraction of sp³-hybridized carbons (Fsp3) is 0.778. The predicted octanol–water partition coefficient (Wildman–Crippen LogP) is 1.94. The summed E-state index contributed by atoms with van der Waals surface area (Å²) in [6.45, 7) is 2.95. The molecule has 0 aromatic carbocycles. The molecule has 0 saturated carbocycles. The number of ether oxygens (including phenoxy) is 2. The highest BCUT2D eigenvalue weighted by atomic mass is 127. The van der Waals surface area contributed by atoms with Crippen molar-refractivity contribution in [2.45, 2.75) is 29.6 Å². The molecule has 0 aliphatic heterocycles. The summed E-state index contributed by atoms with van der Waals surface area (Å²) in [4.78, 5) is 22.1. The Hall–Kier alpha value is -0.470. The molecule has 0 spiro atoms. The van der Waals surface area contributed by atoms with Gasteiger partial charge in [-0.15, -0.1) is 0 Å². The molecule has 4 nitrogen and oxygen atoms in total. The van der Waals surface area contributed by atoms with Crippen LogP contribution in [0.5, 0.6) is 0 Å². The van der Waals surface area contributed by atoms with Crippen LogP contribution in [0.15, 0.2) is 0 Å². The summed E-state index contributed by atoms with van der Waals surface area (Å²) < 4.78 is 33.6. The average molecular weight is 350 g/mol. The number of hydrogen-bond acceptors (Lipinski definition) is 4. The summed E-state index contributed by atoms with van der Waals surface area (Å²) in [6, 6.07) is 0. The molecule has 1 unspecified atom stereocenters. The van der Waals surface area contributed by atoms with E-state index in [0.29, 0.717) is 0 Å². The monoisotopic (exact) mass is 350 g/mol. The third-order valence-corrected chi connectivity index (χ3v) is 2.56. The predicted molar refractivity (Wildman–Crippen MR) is 60.6 cm³/mol. The first kappa shape index (κ1) is 15.5. The Morgan fingerprint density at radius 1 is 1.31 bits per heavy atom. The molecule has 0 fully saturated rings. The standard InChI is InChI=1S/C9H13F2IO4/c1-4-16-6(13)8(2,12)5-9(10,11)7(14)15-3/h4-5H2,1-3H3. The van der Waals surface area contributed by atoms with E-state index < -0.39 is 27.7 Å². The van der Waals surface area contributed by atoms with Gasteiger partial charge in [-0.05, 0) is 13.8 Å². The van der Waals surface area contributed by atoms with E-state index in [1.165, 1.54) is 29.5 Å². The topological polar surface area (TPSA) is 52.6 Å². The molecule has 0 bridgehead atoms. The molecule has 0 heterocycles. The minimum atomic E-state index is -3.70. The van der Waals surface area contributed by atoms with Crippen LogP contribution in [0.3, 0.4) is 0 Å². The third-order valence-electron chi connectivity index (χ3n) is 1.74. The second kappa shape index (κ2) is 5.74. The molecular weight excluding hydrogens is 337 g/mol. The first-order valence-corrected chi connectivity index (χ1v) is 5.57. The SMILES string of the molecule is CCOC(=O)C(C)(I)CC(F)(F)C(=O)OC. The summed E-state index contributed by atoms with van der Waals surface area (Å²) in [5.74, 6) is -6.13. The maximum Gasteiger partial charge on any atom is 0.376 e. The van der Waals surface area contributed by atoms with Crippen LogP contribution in [-0.4, -0.2) is 35.0 Å². The van der Waals surface area contributed by atoms with E-state index in [2.05, 4.69) is 9.47 Å². The van der Waals surface area contributed by atoms with Crippen LogP contribution in [0.25, 0.3) is 0 Å². The molecular formula is C9H13F2IO4. The third kappa shape index (κ3) is 4.18. The van der Waals surface area contributed by atoms with Gasteiger partial charge in [0.25, 0.3) is 0 Å². The Kier molecular flexibility index (Phi) is 5.57. The van der Waals surface area contributed by atoms with Crippen LogP contribution < -0.4 is 0 Å². The Morgan fingerprint density at radius 3 is 2.19 bits per heavy atom. The van der Waals surface area contributed by atoms with Gasteiger partial charge in [-0.2, -0.15) is 8.78 Å². The van der Waals surface area contributed by atoms with Crippen molar-refractivity contribution in [1.29, 1.82) is 0 Å². The Morgan fingerprint density at radius 2 is 1.81 bits per heavy atom. The minimum absolute atomic E-state index is 0.0984. The second-order valence-corrected chi connectivity index (χ2v) is 5.67. The zero-order valence-electron chi connectivity index (χ0n) is 9.18. The molecule has 0 radical (unpaired) electrons. The average Bonchev–Trinajstić information content (AvgIpc) is 2.15. The molecule has 1 atom stereocenters. The zero-order valence-corrected chi connectivity index (χ0v) is 11.3. The Labute approximate surface area is 106 Å². The summed E-state index contributed by atoms with van der Waals surface area (Å²) in [7, 11) is 0.866. The highest BCUT2D eigenvalue weighted by Gasteiger charge is 2.49. The number of methoxy groups -OCH3 is 1. The molecule has 0 aromatic rings. The minimum Gasteiger partial charge on any atom is -0.465 e. The summed E-state index contributed by atoms with van der Waals surface area (Å²) in [5, 5.41) is 0. The quantitative estimate of drug-likeness (QED) is 0.432. The number of hydrogen-bond donors (Lipinski definition) is 0. The number of esters is 2. The maximum absolute atomic E-state index is 13.2. The lowest BCUT2D eigenvalue weighted by Gasteiger charge is -2.24. The highest BCUT2D eigenvalue weighted by molar-refractivity contribution is 14.1. The molecule has 94 valence electrons. The normalized spacial score (nSPS) is 15.1. The van der Waals surface area contributed by atoms with Crippen LogP contribution in [0.4, 0.5) is 8.78 Å². The number of rotatable bonds is 5. The van der Waals surface area contributed by atoms with Crippen molar-refractivity contribution in [3.8, 4) is 0 Å². The van der Waals surface area contributed by atoms with Gasteiger partial charge in [0.1, 0.15) is 3.42 Å². The van der Waals surface area contributed by atoms with E-state index in [9.17, 15) is 18.4 Å². The van der Waals surface area contributed by atoms with Crippen LogP contribution in [-0.2, 0) is 19.1 Å². The van der Waals surface area contributed by atoms with Gasteiger partial charge in [-0.3, -0.25) is 4.79 Å². The van der Waals surface area contributed by atoms with Crippen LogP contribution in [0.2, 0.25) is 0 Å². The summed E-state index contributed by atoms with van der Waals surface area (Å²) in [6.07, 6.45) is -0.952. The van der Waals surface area contributed by atoms with E-state index in [1.54, 1.807) is 6.92 Å². The molecule has 16 heavy (non-hydrogen) atoms. The molecule has 0 aliphatic carbocycles. The van der Waals surface area contributed by atoms with Crippen LogP contribution in [0, 0.1) is 0 Å². The van der Waals surface area contributed by atoms with Gasteiger partial charge in [0.2, 0.25) is 0 Å². The molecule has 0 rings (SSSR count). The van der Waals surface area contributed by atoms with Crippen molar-refractivity contribution in [3.63, 3.8) is 0 Å². The van der Waals surface area contributed by atoms with Gasteiger partial charge in [0.15, 0.2) is 0 Å². The van der Waals surface area contributed by atoms with Crippen molar-refractivity contribution < 1.29 is 27.8 Å². The molecule has 0 aliphatic rings. The molecule has 0 N–H and O–H groups in total. The van der Waals surface area contributed by atoms with Crippen molar-refractivity contribution in [2.24, 2.45) is 0 Å². The lowest BCUT2D eigenvalue weighted by Crippen LogP contribution is -2.41. The first-order valence-electron chi connectivity index (χ1n) is 4.49. The number of alkyl halides is 3. The smallest absolute Gasteiger partial charge is 0.376 e. The number of halogens is 3. The van der Waals surface area contributed by atoms with Crippen molar-refractivity contribution in [1.82, 2.24) is 0 Å². The van der Waals surface area contributed by atoms with E-state index in [-0.39, 0.29) is 6.61 Å². The van der Waals surface area contributed by atoms with Gasteiger partial charge in [-0.25, -0.2) is 4.79 Å². The van der Waals surface area contributed by atoms with Gasteiger partial charge in [0, 0.05) is 6.42 Å². The summed E-state index contributed by atoms with van der Waals surface area (Å²) >= 11 is 1.54. The largest absolute Gasteiger partial charge is 0.465 e. The number of carbonyl (C=O) groups excluding carboxylic acids is 2. The molecule has 0 saturated heterocycles. The first-order chi connectivity index (χ1) is 7.17. The Balaban J connectivity index is 4.69. The lowest BCUT2D eigenvalue weighted by atomic mass is 10.0. The van der Waals surface area contributed by atoms with Crippen LogP contribution in [0.1, 0.15) is 20.3 Å².